The Balaban J connectivity index is 1.68. The van der Waals surface area contributed by atoms with E-state index in [0.29, 0.717) is 19.5 Å². The molecule has 9 heteroatoms. The lowest BCUT2D eigenvalue weighted by Crippen LogP contribution is -2.38. The standard InChI is InChI=1S/C14H20N6O2S/c1-19(2)23(21,22)20-6-4-11(10-20)7-12-8-15-9-14(17-12)13-3-5-16-18-13/h3,5,8-9,11H,4,6-7,10H2,1-2H3,(H,16,18). The summed E-state index contributed by atoms with van der Waals surface area (Å²) >= 11 is 0. The number of rotatable bonds is 5. The molecule has 8 nitrogen and oxygen atoms in total. The van der Waals surface area contributed by atoms with Crippen molar-refractivity contribution >= 4 is 10.2 Å². The molecular weight excluding hydrogens is 316 g/mol. The molecule has 124 valence electrons. The van der Waals surface area contributed by atoms with Gasteiger partial charge >= 0.3 is 0 Å². The zero-order chi connectivity index (χ0) is 16.4. The molecule has 0 aliphatic carbocycles. The highest BCUT2D eigenvalue weighted by Crippen LogP contribution is 2.24. The van der Waals surface area contributed by atoms with Gasteiger partial charge in [-0.2, -0.15) is 22.1 Å². The third kappa shape index (κ3) is 3.41. The smallest absolute Gasteiger partial charge is 0.276 e. The number of hydrogen-bond donors (Lipinski definition) is 1. The maximum atomic E-state index is 12.2. The highest BCUT2D eigenvalue weighted by molar-refractivity contribution is 7.86. The fourth-order valence-electron chi connectivity index (χ4n) is 2.73. The fraction of sp³-hybridized carbons (Fsp3) is 0.500. The normalized spacial score (nSPS) is 19.5. The van der Waals surface area contributed by atoms with Crippen LogP contribution in [0, 0.1) is 5.92 Å². The second-order valence-corrected chi connectivity index (χ2v) is 8.02. The maximum absolute atomic E-state index is 12.2. The van der Waals surface area contributed by atoms with Crippen LogP contribution >= 0.6 is 0 Å². The van der Waals surface area contributed by atoms with Gasteiger partial charge in [-0.05, 0) is 24.8 Å². The molecule has 2 aromatic heterocycles. The van der Waals surface area contributed by atoms with Gasteiger partial charge in [-0.15, -0.1) is 0 Å². The molecule has 0 saturated carbocycles. The SMILES string of the molecule is CN(C)S(=O)(=O)N1CCC(Cc2cncc(-c3ccn[nH]3)n2)C1. The molecule has 1 unspecified atom stereocenters. The van der Waals surface area contributed by atoms with Gasteiger partial charge in [0.05, 0.1) is 17.6 Å². The maximum Gasteiger partial charge on any atom is 0.281 e. The first-order valence-corrected chi connectivity index (χ1v) is 8.85. The molecule has 2 aromatic rings. The van der Waals surface area contributed by atoms with Gasteiger partial charge in [0.1, 0.15) is 5.69 Å². The molecule has 1 fully saturated rings. The molecule has 0 aromatic carbocycles. The Morgan fingerprint density at radius 1 is 1.39 bits per heavy atom. The summed E-state index contributed by atoms with van der Waals surface area (Å²) in [6.07, 6.45) is 6.65. The highest BCUT2D eigenvalue weighted by atomic mass is 32.2. The lowest BCUT2D eigenvalue weighted by molar-refractivity contribution is 0.409. The molecule has 1 aliphatic heterocycles. The minimum Gasteiger partial charge on any atom is -0.276 e. The second-order valence-electron chi connectivity index (χ2n) is 5.87. The largest absolute Gasteiger partial charge is 0.281 e. The minimum atomic E-state index is -3.33. The summed E-state index contributed by atoms with van der Waals surface area (Å²) in [7, 11) is -0.213. The van der Waals surface area contributed by atoms with Crippen LogP contribution in [0.15, 0.2) is 24.7 Å². The Labute approximate surface area is 135 Å². The van der Waals surface area contributed by atoms with Gasteiger partial charge in [-0.1, -0.05) is 0 Å². The minimum absolute atomic E-state index is 0.260. The van der Waals surface area contributed by atoms with E-state index in [0.717, 1.165) is 23.5 Å². The van der Waals surface area contributed by atoms with Crippen LogP contribution in [0.25, 0.3) is 11.4 Å². The molecule has 1 saturated heterocycles. The Morgan fingerprint density at radius 2 is 2.22 bits per heavy atom. The lowest BCUT2D eigenvalue weighted by atomic mass is 10.0. The molecular formula is C14H20N6O2S. The fourth-order valence-corrected chi connectivity index (χ4v) is 3.93. The van der Waals surface area contributed by atoms with Crippen LogP contribution in [-0.4, -0.2) is 64.4 Å². The van der Waals surface area contributed by atoms with Crippen molar-refractivity contribution in [3.63, 3.8) is 0 Å². The van der Waals surface area contributed by atoms with Gasteiger partial charge in [0.2, 0.25) is 0 Å². The second kappa shape index (κ2) is 6.34. The first-order chi connectivity index (χ1) is 11.0. The average Bonchev–Trinajstić information content (AvgIpc) is 3.19. The number of aromatic nitrogens is 4. The third-order valence-corrected chi connectivity index (χ3v) is 5.90. The number of hydrogen-bond acceptors (Lipinski definition) is 5. The molecule has 0 amide bonds. The van der Waals surface area contributed by atoms with Crippen molar-refractivity contribution in [2.45, 2.75) is 12.8 Å². The first kappa shape index (κ1) is 16.0. The van der Waals surface area contributed by atoms with Crippen molar-refractivity contribution in [1.82, 2.24) is 28.8 Å². The predicted octanol–water partition coefficient (Wildman–Crippen LogP) is 0.538. The van der Waals surface area contributed by atoms with Gasteiger partial charge in [0, 0.05) is 39.6 Å². The lowest BCUT2D eigenvalue weighted by Gasteiger charge is -2.20. The molecule has 1 N–H and O–H groups in total. The van der Waals surface area contributed by atoms with Crippen molar-refractivity contribution in [3.8, 4) is 11.4 Å². The zero-order valence-electron chi connectivity index (χ0n) is 13.2. The summed E-state index contributed by atoms with van der Waals surface area (Å²) in [5.41, 5.74) is 2.43. The van der Waals surface area contributed by atoms with Crippen LogP contribution in [0.3, 0.4) is 0 Å². The van der Waals surface area contributed by atoms with Gasteiger partial charge in [-0.25, -0.2) is 4.98 Å². The van der Waals surface area contributed by atoms with Crippen molar-refractivity contribution in [2.24, 2.45) is 5.92 Å². The average molecular weight is 336 g/mol. The topological polar surface area (TPSA) is 95.1 Å². The molecule has 0 spiro atoms. The summed E-state index contributed by atoms with van der Waals surface area (Å²) in [5.74, 6) is 0.260. The summed E-state index contributed by atoms with van der Waals surface area (Å²) in [6.45, 7) is 1.08. The molecule has 3 heterocycles. The van der Waals surface area contributed by atoms with Gasteiger partial charge < -0.3 is 0 Å². The Kier molecular flexibility index (Phi) is 4.42. The van der Waals surface area contributed by atoms with E-state index in [-0.39, 0.29) is 5.92 Å². The van der Waals surface area contributed by atoms with Gasteiger partial charge in [0.15, 0.2) is 0 Å². The molecule has 0 bridgehead atoms. The monoisotopic (exact) mass is 336 g/mol. The van der Waals surface area contributed by atoms with Crippen LogP contribution in [0.2, 0.25) is 0 Å². The van der Waals surface area contributed by atoms with Gasteiger partial charge in [0.25, 0.3) is 10.2 Å². The molecule has 3 rings (SSSR count). The van der Waals surface area contributed by atoms with E-state index in [1.165, 1.54) is 8.61 Å². The van der Waals surface area contributed by atoms with Crippen molar-refractivity contribution in [2.75, 3.05) is 27.2 Å². The van der Waals surface area contributed by atoms with Crippen LogP contribution in [-0.2, 0) is 16.6 Å². The van der Waals surface area contributed by atoms with Crippen molar-refractivity contribution < 1.29 is 8.42 Å². The number of nitrogens with one attached hydrogen (secondary N) is 1. The van der Waals surface area contributed by atoms with E-state index in [2.05, 4.69) is 20.2 Å². The van der Waals surface area contributed by atoms with Crippen molar-refractivity contribution in [1.29, 1.82) is 0 Å². The third-order valence-electron chi connectivity index (χ3n) is 4.00. The van der Waals surface area contributed by atoms with E-state index in [1.54, 1.807) is 32.7 Å². The summed E-state index contributed by atoms with van der Waals surface area (Å²) in [6, 6.07) is 1.84. The summed E-state index contributed by atoms with van der Waals surface area (Å²) < 4.78 is 27.1. The molecule has 23 heavy (non-hydrogen) atoms. The van der Waals surface area contributed by atoms with Crippen LogP contribution in [0.1, 0.15) is 12.1 Å². The zero-order valence-corrected chi connectivity index (χ0v) is 14.0. The van der Waals surface area contributed by atoms with Crippen LogP contribution < -0.4 is 0 Å². The molecule has 0 radical (unpaired) electrons. The van der Waals surface area contributed by atoms with E-state index in [4.69, 9.17) is 0 Å². The van der Waals surface area contributed by atoms with E-state index in [9.17, 15) is 8.42 Å². The van der Waals surface area contributed by atoms with E-state index in [1.807, 2.05) is 6.07 Å². The Bertz CT molecular complexity index is 759. The predicted molar refractivity (Wildman–Crippen MR) is 85.6 cm³/mol. The Hall–Kier alpha value is -1.84. The van der Waals surface area contributed by atoms with E-state index >= 15 is 0 Å². The summed E-state index contributed by atoms with van der Waals surface area (Å²) in [4.78, 5) is 8.82. The number of aromatic amines is 1. The molecule has 1 aliphatic rings. The highest BCUT2D eigenvalue weighted by Gasteiger charge is 2.32. The summed E-state index contributed by atoms with van der Waals surface area (Å²) in [5, 5.41) is 6.78. The first-order valence-electron chi connectivity index (χ1n) is 7.45. The number of H-pyrrole nitrogens is 1. The van der Waals surface area contributed by atoms with E-state index < -0.39 is 10.2 Å². The van der Waals surface area contributed by atoms with Gasteiger partial charge in [-0.3, -0.25) is 10.1 Å². The number of nitrogens with zero attached hydrogens (tertiary/aromatic N) is 5. The van der Waals surface area contributed by atoms with Crippen molar-refractivity contribution in [3.05, 3.63) is 30.4 Å². The van der Waals surface area contributed by atoms with Crippen LogP contribution in [0.4, 0.5) is 0 Å². The quantitative estimate of drug-likeness (QED) is 0.860. The molecule has 1 atom stereocenters. The Morgan fingerprint density at radius 3 is 2.91 bits per heavy atom. The van der Waals surface area contributed by atoms with Crippen LogP contribution in [0.5, 0.6) is 0 Å².